The molecule has 0 unspecified atom stereocenters. The molecule has 2 aromatic heterocycles. The van der Waals surface area contributed by atoms with Gasteiger partial charge in [0.25, 0.3) is 0 Å². The molecule has 0 bridgehead atoms. The number of rotatable bonds is 13. The first-order valence-corrected chi connectivity index (χ1v) is 11.5. The quantitative estimate of drug-likeness (QED) is 0.463. The second kappa shape index (κ2) is 11.8. The molecule has 0 aromatic carbocycles. The molecule has 152 valence electrons. The summed E-state index contributed by atoms with van der Waals surface area (Å²) in [5.74, 6) is 0.0232. The molecule has 1 aliphatic rings. The number of imidazole rings is 1. The number of carbonyl (C=O) groups is 1. The number of nitrogens with zero attached hydrogens (tertiary/aromatic N) is 3. The van der Waals surface area contributed by atoms with Crippen molar-refractivity contribution < 1.29 is 4.79 Å². The lowest BCUT2D eigenvalue weighted by atomic mass is 10.1. The SMILES string of the molecule is O=C1CCC(c2ccc(CCCCCCCCCCCn3ccnc3)s2)=NN1. The zero-order chi connectivity index (χ0) is 19.4. The Balaban J connectivity index is 1.16. The molecule has 3 heterocycles. The molecule has 0 saturated carbocycles. The fourth-order valence-electron chi connectivity index (χ4n) is 3.57. The highest BCUT2D eigenvalue weighted by Gasteiger charge is 2.14. The van der Waals surface area contributed by atoms with Crippen LogP contribution in [-0.2, 0) is 17.8 Å². The summed E-state index contributed by atoms with van der Waals surface area (Å²) < 4.78 is 2.16. The molecule has 0 spiro atoms. The molecule has 28 heavy (non-hydrogen) atoms. The number of aryl methyl sites for hydroxylation is 2. The van der Waals surface area contributed by atoms with Crippen molar-refractivity contribution in [3.05, 3.63) is 40.6 Å². The maximum atomic E-state index is 11.2. The molecule has 1 N–H and O–H groups in total. The zero-order valence-corrected chi connectivity index (χ0v) is 17.6. The van der Waals surface area contributed by atoms with Gasteiger partial charge in [0.05, 0.1) is 16.9 Å². The fourth-order valence-corrected chi connectivity index (χ4v) is 4.64. The summed E-state index contributed by atoms with van der Waals surface area (Å²) in [5.41, 5.74) is 3.61. The van der Waals surface area contributed by atoms with E-state index in [-0.39, 0.29) is 5.91 Å². The van der Waals surface area contributed by atoms with E-state index < -0.39 is 0 Å². The van der Waals surface area contributed by atoms with Gasteiger partial charge in [0.2, 0.25) is 5.91 Å². The van der Waals surface area contributed by atoms with Gasteiger partial charge in [-0.25, -0.2) is 10.4 Å². The number of nitrogens with one attached hydrogen (secondary N) is 1. The number of thiophene rings is 1. The van der Waals surface area contributed by atoms with Crippen molar-refractivity contribution in [2.75, 3.05) is 0 Å². The lowest BCUT2D eigenvalue weighted by Gasteiger charge is -2.09. The minimum Gasteiger partial charge on any atom is -0.337 e. The number of unbranched alkanes of at least 4 members (excludes halogenated alkanes) is 8. The third-order valence-corrected chi connectivity index (χ3v) is 6.44. The van der Waals surface area contributed by atoms with Crippen LogP contribution in [0.15, 0.2) is 36.0 Å². The lowest BCUT2D eigenvalue weighted by molar-refractivity contribution is -0.121. The first kappa shape index (κ1) is 20.8. The zero-order valence-electron chi connectivity index (χ0n) is 16.7. The Morgan fingerprint density at radius 3 is 2.39 bits per heavy atom. The Bertz CT molecular complexity index is 736. The van der Waals surface area contributed by atoms with Gasteiger partial charge in [0.1, 0.15) is 0 Å². The van der Waals surface area contributed by atoms with E-state index in [0.717, 1.165) is 18.7 Å². The topological polar surface area (TPSA) is 59.3 Å². The van der Waals surface area contributed by atoms with E-state index in [4.69, 9.17) is 0 Å². The molecule has 6 heteroatoms. The minimum absolute atomic E-state index is 0.0232. The van der Waals surface area contributed by atoms with Gasteiger partial charge in [-0.1, -0.05) is 44.9 Å². The fraction of sp³-hybridized carbons (Fsp3) is 0.591. The van der Waals surface area contributed by atoms with E-state index in [1.54, 1.807) is 0 Å². The smallest absolute Gasteiger partial charge is 0.240 e. The first-order chi connectivity index (χ1) is 13.8. The third kappa shape index (κ3) is 7.23. The van der Waals surface area contributed by atoms with Gasteiger partial charge in [-0.05, 0) is 31.4 Å². The molecule has 0 aliphatic carbocycles. The number of hydrogen-bond donors (Lipinski definition) is 1. The molecule has 1 aliphatic heterocycles. The van der Waals surface area contributed by atoms with Crippen LogP contribution >= 0.6 is 11.3 Å². The monoisotopic (exact) mass is 400 g/mol. The molecule has 2 aromatic rings. The third-order valence-electron chi connectivity index (χ3n) is 5.25. The Labute approximate surface area is 172 Å². The van der Waals surface area contributed by atoms with E-state index in [9.17, 15) is 4.79 Å². The van der Waals surface area contributed by atoms with Gasteiger partial charge >= 0.3 is 0 Å². The highest BCUT2D eigenvalue weighted by Crippen LogP contribution is 2.22. The number of aromatic nitrogens is 2. The molecular formula is C22H32N4OS. The van der Waals surface area contributed by atoms with Crippen molar-refractivity contribution in [3.8, 4) is 0 Å². The average Bonchev–Trinajstić information content (AvgIpc) is 3.39. The molecule has 5 nitrogen and oxygen atoms in total. The van der Waals surface area contributed by atoms with Gasteiger partial charge in [0.15, 0.2) is 0 Å². The summed E-state index contributed by atoms with van der Waals surface area (Å²) in [7, 11) is 0. The van der Waals surface area contributed by atoms with Crippen molar-refractivity contribution in [1.29, 1.82) is 0 Å². The Morgan fingerprint density at radius 2 is 1.71 bits per heavy atom. The molecule has 0 atom stereocenters. The van der Waals surface area contributed by atoms with Gasteiger partial charge in [-0.15, -0.1) is 11.3 Å². The number of amides is 1. The maximum Gasteiger partial charge on any atom is 0.240 e. The van der Waals surface area contributed by atoms with E-state index in [0.29, 0.717) is 6.42 Å². The minimum atomic E-state index is 0.0232. The van der Waals surface area contributed by atoms with Gasteiger partial charge in [-0.2, -0.15) is 5.10 Å². The molecule has 0 radical (unpaired) electrons. The summed E-state index contributed by atoms with van der Waals surface area (Å²) in [6, 6.07) is 4.38. The number of hydrogen-bond acceptors (Lipinski definition) is 4. The summed E-state index contributed by atoms with van der Waals surface area (Å²) in [6.45, 7) is 1.10. The second-order valence-corrected chi connectivity index (χ2v) is 8.76. The van der Waals surface area contributed by atoms with Crippen LogP contribution in [0.5, 0.6) is 0 Å². The lowest BCUT2D eigenvalue weighted by Crippen LogP contribution is -2.25. The van der Waals surface area contributed by atoms with Crippen LogP contribution in [0.4, 0.5) is 0 Å². The molecular weight excluding hydrogens is 368 g/mol. The summed E-state index contributed by atoms with van der Waals surface area (Å²) in [5, 5.41) is 4.19. The normalized spacial score (nSPS) is 14.1. The van der Waals surface area contributed by atoms with Crippen molar-refractivity contribution in [3.63, 3.8) is 0 Å². The highest BCUT2D eigenvalue weighted by molar-refractivity contribution is 7.14. The predicted octanol–water partition coefficient (Wildman–Crippen LogP) is 5.31. The number of hydrazone groups is 1. The summed E-state index contributed by atoms with van der Waals surface area (Å²) in [6.07, 6.45) is 20.3. The Kier molecular flexibility index (Phi) is 8.75. The van der Waals surface area contributed by atoms with Crippen LogP contribution in [0, 0.1) is 0 Å². The van der Waals surface area contributed by atoms with Crippen LogP contribution in [0.25, 0.3) is 0 Å². The maximum absolute atomic E-state index is 11.2. The highest BCUT2D eigenvalue weighted by atomic mass is 32.1. The molecule has 1 amide bonds. The van der Waals surface area contributed by atoms with E-state index >= 15 is 0 Å². The molecule has 0 fully saturated rings. The average molecular weight is 401 g/mol. The molecule has 3 rings (SSSR count). The van der Waals surface area contributed by atoms with Crippen LogP contribution in [0.2, 0.25) is 0 Å². The van der Waals surface area contributed by atoms with E-state index in [2.05, 4.69) is 32.2 Å². The van der Waals surface area contributed by atoms with Crippen LogP contribution in [0.3, 0.4) is 0 Å². The van der Waals surface area contributed by atoms with E-state index in [1.807, 2.05) is 30.1 Å². The standard InChI is InChI=1S/C22H32N4OS/c27-22-14-12-20(24-25-22)21-13-11-19(28-21)10-8-6-4-2-1-3-5-7-9-16-26-17-15-23-18-26/h11,13,15,17-18H,1-10,12,14,16H2,(H,25,27). The van der Waals surface area contributed by atoms with Crippen LogP contribution in [-0.4, -0.2) is 21.2 Å². The Morgan fingerprint density at radius 1 is 0.964 bits per heavy atom. The summed E-state index contributed by atoms with van der Waals surface area (Å²) >= 11 is 1.83. The first-order valence-electron chi connectivity index (χ1n) is 10.7. The van der Waals surface area contributed by atoms with E-state index in [1.165, 1.54) is 74.0 Å². The largest absolute Gasteiger partial charge is 0.337 e. The van der Waals surface area contributed by atoms with Crippen molar-refractivity contribution in [1.82, 2.24) is 15.0 Å². The van der Waals surface area contributed by atoms with Gasteiger partial charge in [0, 0.05) is 36.7 Å². The van der Waals surface area contributed by atoms with Crippen molar-refractivity contribution >= 4 is 23.0 Å². The Hall–Kier alpha value is -1.95. The predicted molar refractivity (Wildman–Crippen MR) is 116 cm³/mol. The number of carbonyl (C=O) groups excluding carboxylic acids is 1. The van der Waals surface area contributed by atoms with Crippen molar-refractivity contribution in [2.45, 2.75) is 83.6 Å². The van der Waals surface area contributed by atoms with Crippen molar-refractivity contribution in [2.24, 2.45) is 5.10 Å². The summed E-state index contributed by atoms with van der Waals surface area (Å²) in [4.78, 5) is 17.9. The van der Waals surface area contributed by atoms with Gasteiger partial charge < -0.3 is 4.57 Å². The molecule has 0 saturated heterocycles. The second-order valence-electron chi connectivity index (χ2n) is 7.59. The van der Waals surface area contributed by atoms with Crippen LogP contribution in [0.1, 0.15) is 80.4 Å². The van der Waals surface area contributed by atoms with Crippen LogP contribution < -0.4 is 5.43 Å². The van der Waals surface area contributed by atoms with Gasteiger partial charge in [-0.3, -0.25) is 4.79 Å².